The largest absolute Gasteiger partial charge is 0.366 e. The fourth-order valence-electron chi connectivity index (χ4n) is 2.46. The number of carbonyl (C=O) groups is 1. The lowest BCUT2D eigenvalue weighted by Crippen LogP contribution is -2.45. The number of nitrogens with one attached hydrogen (secondary N) is 1. The first-order valence-corrected chi connectivity index (χ1v) is 7.15. The van der Waals surface area contributed by atoms with Crippen LogP contribution in [0.15, 0.2) is 24.3 Å². The Morgan fingerprint density at radius 3 is 2.85 bits per heavy atom. The van der Waals surface area contributed by atoms with Crippen molar-refractivity contribution in [2.24, 2.45) is 5.73 Å². The summed E-state index contributed by atoms with van der Waals surface area (Å²) in [6, 6.07) is 7.56. The van der Waals surface area contributed by atoms with Crippen LogP contribution in [0.3, 0.4) is 0 Å². The minimum atomic E-state index is -0.365. The molecule has 110 valence electrons. The van der Waals surface area contributed by atoms with Gasteiger partial charge in [0.2, 0.25) is 5.91 Å². The molecule has 0 aromatic heterocycles. The van der Waals surface area contributed by atoms with Crippen LogP contribution in [-0.2, 0) is 6.54 Å². The molecule has 20 heavy (non-hydrogen) atoms. The summed E-state index contributed by atoms with van der Waals surface area (Å²) in [5, 5.41) is 3.36. The third-order valence-electron chi connectivity index (χ3n) is 3.67. The van der Waals surface area contributed by atoms with Crippen molar-refractivity contribution >= 4 is 5.91 Å². The maximum absolute atomic E-state index is 11.2. The summed E-state index contributed by atoms with van der Waals surface area (Å²) in [5.41, 5.74) is 7.01. The average Bonchev–Trinajstić information content (AvgIpc) is 2.46. The number of nitrogens with zero attached hydrogens (tertiary/aromatic N) is 2. The second-order valence-electron chi connectivity index (χ2n) is 5.39. The molecule has 1 heterocycles. The van der Waals surface area contributed by atoms with Crippen molar-refractivity contribution in [1.29, 1.82) is 0 Å². The van der Waals surface area contributed by atoms with Crippen LogP contribution < -0.4 is 11.1 Å². The molecule has 1 aromatic rings. The van der Waals surface area contributed by atoms with E-state index in [9.17, 15) is 4.79 Å². The zero-order chi connectivity index (χ0) is 14.4. The van der Waals surface area contributed by atoms with E-state index in [1.54, 1.807) is 6.07 Å². The number of likely N-dealkylation sites (N-methyl/N-ethyl adjacent to an activating group) is 1. The van der Waals surface area contributed by atoms with Gasteiger partial charge in [-0.15, -0.1) is 0 Å². The fourth-order valence-corrected chi connectivity index (χ4v) is 2.46. The van der Waals surface area contributed by atoms with Crippen molar-refractivity contribution in [3.8, 4) is 0 Å². The highest BCUT2D eigenvalue weighted by Gasteiger charge is 2.10. The molecule has 1 aliphatic rings. The first-order chi connectivity index (χ1) is 9.65. The van der Waals surface area contributed by atoms with E-state index in [1.165, 1.54) is 0 Å². The first-order valence-electron chi connectivity index (χ1n) is 7.15. The van der Waals surface area contributed by atoms with Crippen LogP contribution in [0.2, 0.25) is 0 Å². The first kappa shape index (κ1) is 15.0. The van der Waals surface area contributed by atoms with Crippen molar-refractivity contribution in [2.45, 2.75) is 6.54 Å². The number of hydrogen-bond acceptors (Lipinski definition) is 4. The number of piperazine rings is 1. The quantitative estimate of drug-likeness (QED) is 0.775. The maximum atomic E-state index is 11.2. The van der Waals surface area contributed by atoms with Gasteiger partial charge in [0, 0.05) is 51.4 Å². The predicted molar refractivity (Wildman–Crippen MR) is 80.6 cm³/mol. The number of rotatable bonds is 6. The molecule has 3 N–H and O–H groups in total. The topological polar surface area (TPSA) is 61.6 Å². The molecule has 5 nitrogen and oxygen atoms in total. The lowest BCUT2D eigenvalue weighted by Gasteiger charge is -2.29. The Morgan fingerprint density at radius 2 is 2.15 bits per heavy atom. The van der Waals surface area contributed by atoms with Gasteiger partial charge in [-0.2, -0.15) is 0 Å². The van der Waals surface area contributed by atoms with Gasteiger partial charge in [0.15, 0.2) is 0 Å². The third kappa shape index (κ3) is 4.59. The van der Waals surface area contributed by atoms with Gasteiger partial charge in [0.05, 0.1) is 0 Å². The molecule has 0 unspecified atom stereocenters. The van der Waals surface area contributed by atoms with Crippen molar-refractivity contribution in [3.63, 3.8) is 0 Å². The Hall–Kier alpha value is -1.43. The molecule has 0 bridgehead atoms. The van der Waals surface area contributed by atoms with Gasteiger partial charge in [-0.1, -0.05) is 12.1 Å². The molecular formula is C15H24N4O. The molecular weight excluding hydrogens is 252 g/mol. The average molecular weight is 276 g/mol. The van der Waals surface area contributed by atoms with Crippen molar-refractivity contribution in [1.82, 2.24) is 15.1 Å². The molecule has 1 aliphatic heterocycles. The molecule has 0 radical (unpaired) electrons. The Balaban J connectivity index is 1.79. The summed E-state index contributed by atoms with van der Waals surface area (Å²) in [5.74, 6) is -0.365. The molecule has 1 fully saturated rings. The van der Waals surface area contributed by atoms with E-state index in [4.69, 9.17) is 5.73 Å². The molecule has 0 atom stereocenters. The highest BCUT2D eigenvalue weighted by atomic mass is 16.1. The van der Waals surface area contributed by atoms with Crippen LogP contribution in [0.5, 0.6) is 0 Å². The van der Waals surface area contributed by atoms with E-state index in [-0.39, 0.29) is 5.91 Å². The van der Waals surface area contributed by atoms with E-state index in [2.05, 4.69) is 22.2 Å². The normalized spacial score (nSPS) is 16.5. The minimum absolute atomic E-state index is 0.365. The fraction of sp³-hybridized carbons (Fsp3) is 0.533. The molecule has 0 spiro atoms. The number of carbonyl (C=O) groups excluding carboxylic acids is 1. The minimum Gasteiger partial charge on any atom is -0.366 e. The number of hydrogen-bond donors (Lipinski definition) is 2. The van der Waals surface area contributed by atoms with Crippen LogP contribution in [0.1, 0.15) is 15.9 Å². The second-order valence-corrected chi connectivity index (χ2v) is 5.39. The molecule has 1 saturated heterocycles. The third-order valence-corrected chi connectivity index (χ3v) is 3.67. The Bertz CT molecular complexity index is 443. The van der Waals surface area contributed by atoms with Crippen LogP contribution in [0.4, 0.5) is 0 Å². The molecule has 0 saturated carbocycles. The molecule has 5 heteroatoms. The van der Waals surface area contributed by atoms with Crippen molar-refractivity contribution in [2.75, 3.05) is 46.3 Å². The van der Waals surface area contributed by atoms with Gasteiger partial charge >= 0.3 is 0 Å². The maximum Gasteiger partial charge on any atom is 0.248 e. The molecule has 1 aromatic carbocycles. The zero-order valence-electron chi connectivity index (χ0n) is 12.1. The molecule has 1 amide bonds. The molecule has 0 aliphatic carbocycles. The van der Waals surface area contributed by atoms with Gasteiger partial charge < -0.3 is 16.0 Å². The zero-order valence-corrected chi connectivity index (χ0v) is 12.1. The molecule has 2 rings (SSSR count). The van der Waals surface area contributed by atoms with E-state index >= 15 is 0 Å². The van der Waals surface area contributed by atoms with Crippen LogP contribution in [0.25, 0.3) is 0 Å². The number of amides is 1. The van der Waals surface area contributed by atoms with E-state index in [0.717, 1.165) is 51.4 Å². The summed E-state index contributed by atoms with van der Waals surface area (Å²) >= 11 is 0. The van der Waals surface area contributed by atoms with Crippen molar-refractivity contribution in [3.05, 3.63) is 35.4 Å². The number of primary amides is 1. The summed E-state index contributed by atoms with van der Waals surface area (Å²) < 4.78 is 0. The van der Waals surface area contributed by atoms with E-state index < -0.39 is 0 Å². The standard InChI is InChI=1S/C15H24N4O/c1-18(9-10-19-7-5-17-6-8-19)12-13-3-2-4-14(11-13)15(16)20/h2-4,11,17H,5-10,12H2,1H3,(H2,16,20). The van der Waals surface area contributed by atoms with Gasteiger partial charge in [-0.25, -0.2) is 0 Å². The smallest absolute Gasteiger partial charge is 0.248 e. The van der Waals surface area contributed by atoms with Gasteiger partial charge in [-0.05, 0) is 24.7 Å². The monoisotopic (exact) mass is 276 g/mol. The van der Waals surface area contributed by atoms with Gasteiger partial charge in [-0.3, -0.25) is 9.69 Å². The number of benzene rings is 1. The van der Waals surface area contributed by atoms with Crippen LogP contribution in [0, 0.1) is 0 Å². The van der Waals surface area contributed by atoms with Crippen LogP contribution in [-0.4, -0.2) is 62.0 Å². The summed E-state index contributed by atoms with van der Waals surface area (Å²) in [4.78, 5) is 15.9. The van der Waals surface area contributed by atoms with Crippen molar-refractivity contribution < 1.29 is 4.79 Å². The highest BCUT2D eigenvalue weighted by Crippen LogP contribution is 2.07. The van der Waals surface area contributed by atoms with Gasteiger partial charge in [0.25, 0.3) is 0 Å². The lowest BCUT2D eigenvalue weighted by molar-refractivity contribution is 0.1000. The summed E-state index contributed by atoms with van der Waals surface area (Å²) in [6.07, 6.45) is 0. The number of nitrogens with two attached hydrogens (primary N) is 1. The second kappa shape index (κ2) is 7.38. The highest BCUT2D eigenvalue weighted by molar-refractivity contribution is 5.92. The predicted octanol–water partition coefficient (Wildman–Crippen LogP) is 0.123. The Labute approximate surface area is 120 Å². The Morgan fingerprint density at radius 1 is 1.40 bits per heavy atom. The SMILES string of the molecule is CN(CCN1CCNCC1)Cc1cccc(C(N)=O)c1. The summed E-state index contributed by atoms with van der Waals surface area (Å²) in [6.45, 7) is 7.40. The van der Waals surface area contributed by atoms with Crippen LogP contribution >= 0.6 is 0 Å². The van der Waals surface area contributed by atoms with E-state index in [0.29, 0.717) is 5.56 Å². The summed E-state index contributed by atoms with van der Waals surface area (Å²) in [7, 11) is 2.11. The Kier molecular flexibility index (Phi) is 5.52. The lowest BCUT2D eigenvalue weighted by atomic mass is 10.1. The van der Waals surface area contributed by atoms with E-state index in [1.807, 2.05) is 18.2 Å². The van der Waals surface area contributed by atoms with Gasteiger partial charge in [0.1, 0.15) is 0 Å².